The highest BCUT2D eigenvalue weighted by Gasteiger charge is 2.09. The number of morpholine rings is 1. The Bertz CT molecular complexity index is 464. The molecule has 6 nitrogen and oxygen atoms in total. The van der Waals surface area contributed by atoms with Gasteiger partial charge in [-0.1, -0.05) is 34.7 Å². The topological polar surface area (TPSA) is 60.0 Å². The highest BCUT2D eigenvalue weighted by Crippen LogP contribution is 2.14. The highest BCUT2D eigenvalue weighted by atomic mass is 127. The number of hydrogen-bond acceptors (Lipinski definition) is 5. The van der Waals surface area contributed by atoms with Crippen LogP contribution in [0.5, 0.6) is 5.75 Å². The summed E-state index contributed by atoms with van der Waals surface area (Å²) in [7, 11) is 0. The summed E-state index contributed by atoms with van der Waals surface area (Å²) >= 11 is 2.30. The minimum absolute atomic E-state index is 0.0844. The zero-order chi connectivity index (χ0) is 16.3. The van der Waals surface area contributed by atoms with E-state index in [1.807, 2.05) is 24.3 Å². The van der Waals surface area contributed by atoms with E-state index in [1.165, 1.54) is 5.56 Å². The molecule has 1 aliphatic rings. The quantitative estimate of drug-likeness (QED) is 0.295. The first-order chi connectivity index (χ1) is 11.3. The lowest BCUT2D eigenvalue weighted by Crippen LogP contribution is -2.38. The summed E-state index contributed by atoms with van der Waals surface area (Å²) in [4.78, 5) is 13.9. The number of nitrogens with zero attached hydrogens (tertiary/aromatic N) is 1. The minimum atomic E-state index is -0.448. The van der Waals surface area contributed by atoms with Crippen LogP contribution in [-0.2, 0) is 13.9 Å². The van der Waals surface area contributed by atoms with Crippen LogP contribution < -0.4 is 10.1 Å². The van der Waals surface area contributed by atoms with E-state index >= 15 is 0 Å². The fraction of sp³-hybridized carbons (Fsp3) is 0.562. The van der Waals surface area contributed by atoms with Gasteiger partial charge in [-0.2, -0.15) is 0 Å². The molecule has 7 heteroatoms. The maximum Gasteiger partial charge on any atom is 0.410 e. The Hall–Kier alpha value is -1.06. The molecular formula is C16H23IN2O4. The smallest absolute Gasteiger partial charge is 0.410 e. The van der Waals surface area contributed by atoms with Gasteiger partial charge in [0, 0.05) is 24.1 Å². The molecule has 0 atom stereocenters. The second kappa shape index (κ2) is 10.7. The van der Waals surface area contributed by atoms with Crippen LogP contribution in [0.4, 0.5) is 4.79 Å². The maximum absolute atomic E-state index is 11.5. The maximum atomic E-state index is 11.5. The van der Waals surface area contributed by atoms with Crippen molar-refractivity contribution >= 4 is 28.7 Å². The molecular weight excluding hydrogens is 411 g/mol. The van der Waals surface area contributed by atoms with Crippen LogP contribution in [0.15, 0.2) is 24.3 Å². The number of alkyl halides is 1. The minimum Gasteiger partial charge on any atom is -0.457 e. The predicted octanol–water partition coefficient (Wildman–Crippen LogP) is 2.41. The molecule has 1 aromatic carbocycles. The molecule has 0 aliphatic carbocycles. The molecule has 1 amide bonds. The molecule has 23 heavy (non-hydrogen) atoms. The zero-order valence-corrected chi connectivity index (χ0v) is 15.3. The van der Waals surface area contributed by atoms with Crippen LogP contribution in [0, 0.1) is 0 Å². The largest absolute Gasteiger partial charge is 0.457 e. The van der Waals surface area contributed by atoms with E-state index in [0.29, 0.717) is 12.3 Å². The van der Waals surface area contributed by atoms with Crippen molar-refractivity contribution in [1.82, 2.24) is 10.2 Å². The molecule has 1 heterocycles. The lowest BCUT2D eigenvalue weighted by Gasteiger charge is -2.26. The van der Waals surface area contributed by atoms with Crippen molar-refractivity contribution in [1.29, 1.82) is 0 Å². The summed E-state index contributed by atoms with van der Waals surface area (Å²) in [5, 5.41) is 2.73. The van der Waals surface area contributed by atoms with E-state index in [9.17, 15) is 4.79 Å². The number of halogens is 1. The number of alkyl carbamates (subject to hydrolysis) is 1. The van der Waals surface area contributed by atoms with Crippen LogP contribution in [0.25, 0.3) is 0 Å². The third-order valence-corrected chi connectivity index (χ3v) is 4.40. The lowest BCUT2D eigenvalue weighted by atomic mass is 10.2. The third kappa shape index (κ3) is 7.36. The number of carbonyl (C=O) groups is 1. The number of benzene rings is 1. The number of hydrogen-bond donors (Lipinski definition) is 1. The molecule has 2 rings (SSSR count). The van der Waals surface area contributed by atoms with Gasteiger partial charge in [0.2, 0.25) is 6.79 Å². The summed E-state index contributed by atoms with van der Waals surface area (Å²) < 4.78 is 16.6. The zero-order valence-electron chi connectivity index (χ0n) is 13.1. The second-order valence-corrected chi connectivity index (χ2v) is 5.97. The SMILES string of the molecule is O=C(NCCCN1CCOCC1)OCOc1ccc(CI)cc1. The number of carbonyl (C=O) groups excluding carboxylic acids is 1. The molecule has 1 N–H and O–H groups in total. The van der Waals surface area contributed by atoms with Crippen LogP contribution >= 0.6 is 22.6 Å². The molecule has 0 bridgehead atoms. The predicted molar refractivity (Wildman–Crippen MR) is 96.0 cm³/mol. The standard InChI is InChI=1S/C16H23IN2O4/c17-12-14-2-4-15(5-3-14)22-13-23-16(20)18-6-1-7-19-8-10-21-11-9-19/h2-5H,1,6-13H2,(H,18,20). The van der Waals surface area contributed by atoms with E-state index in [2.05, 4.69) is 32.8 Å². The molecule has 0 spiro atoms. The van der Waals surface area contributed by atoms with Crippen molar-refractivity contribution in [2.24, 2.45) is 0 Å². The Morgan fingerprint density at radius 3 is 2.70 bits per heavy atom. The first-order valence-corrected chi connectivity index (χ1v) is 9.29. The Morgan fingerprint density at radius 2 is 2.00 bits per heavy atom. The molecule has 1 fully saturated rings. The first-order valence-electron chi connectivity index (χ1n) is 7.76. The van der Waals surface area contributed by atoms with Crippen LogP contribution in [0.1, 0.15) is 12.0 Å². The number of rotatable bonds is 8. The van der Waals surface area contributed by atoms with Gasteiger partial charge in [0.25, 0.3) is 0 Å². The van der Waals surface area contributed by atoms with E-state index in [-0.39, 0.29) is 6.79 Å². The Morgan fingerprint density at radius 1 is 1.26 bits per heavy atom. The summed E-state index contributed by atoms with van der Waals surface area (Å²) in [6.07, 6.45) is 0.448. The van der Waals surface area contributed by atoms with Crippen molar-refractivity contribution in [2.45, 2.75) is 10.8 Å². The highest BCUT2D eigenvalue weighted by molar-refractivity contribution is 14.1. The molecule has 0 saturated carbocycles. The number of amides is 1. The van der Waals surface area contributed by atoms with Gasteiger partial charge in [0.1, 0.15) is 5.75 Å². The van der Waals surface area contributed by atoms with E-state index < -0.39 is 6.09 Å². The van der Waals surface area contributed by atoms with Gasteiger partial charge < -0.3 is 19.5 Å². The first kappa shape index (κ1) is 18.3. The van der Waals surface area contributed by atoms with E-state index in [1.54, 1.807) is 0 Å². The van der Waals surface area contributed by atoms with Gasteiger partial charge in [0.05, 0.1) is 13.2 Å². The Kier molecular flexibility index (Phi) is 8.48. The summed E-state index contributed by atoms with van der Waals surface area (Å²) in [5.74, 6) is 0.693. The molecule has 1 saturated heterocycles. The Balaban J connectivity index is 1.50. The van der Waals surface area contributed by atoms with Gasteiger partial charge in [0.15, 0.2) is 0 Å². The van der Waals surface area contributed by atoms with Gasteiger partial charge in [-0.3, -0.25) is 4.90 Å². The van der Waals surface area contributed by atoms with Crippen LogP contribution in [0.3, 0.4) is 0 Å². The molecule has 1 aromatic rings. The molecule has 0 unspecified atom stereocenters. The molecule has 0 aromatic heterocycles. The summed E-state index contributed by atoms with van der Waals surface area (Å²) in [6.45, 7) is 5.00. The van der Waals surface area contributed by atoms with Crippen LogP contribution in [-0.4, -0.2) is 57.2 Å². The van der Waals surface area contributed by atoms with Gasteiger partial charge in [-0.15, -0.1) is 0 Å². The normalized spacial score (nSPS) is 15.2. The Labute approximate surface area is 150 Å². The van der Waals surface area contributed by atoms with Crippen molar-refractivity contribution in [3.05, 3.63) is 29.8 Å². The average Bonchev–Trinajstić information content (AvgIpc) is 2.60. The van der Waals surface area contributed by atoms with Gasteiger partial charge in [-0.25, -0.2) is 4.79 Å². The van der Waals surface area contributed by atoms with Crippen molar-refractivity contribution in [2.75, 3.05) is 46.2 Å². The number of ether oxygens (including phenoxy) is 3. The van der Waals surface area contributed by atoms with Crippen LogP contribution in [0.2, 0.25) is 0 Å². The molecule has 1 aliphatic heterocycles. The fourth-order valence-electron chi connectivity index (χ4n) is 2.19. The molecule has 0 radical (unpaired) electrons. The number of nitrogens with one attached hydrogen (secondary N) is 1. The summed E-state index contributed by atoms with van der Waals surface area (Å²) in [6, 6.07) is 7.73. The molecule has 128 valence electrons. The average molecular weight is 434 g/mol. The van der Waals surface area contributed by atoms with Crippen molar-refractivity contribution in [3.63, 3.8) is 0 Å². The van der Waals surface area contributed by atoms with E-state index in [4.69, 9.17) is 14.2 Å². The van der Waals surface area contributed by atoms with Crippen molar-refractivity contribution < 1.29 is 19.0 Å². The van der Waals surface area contributed by atoms with Gasteiger partial charge in [-0.05, 0) is 30.7 Å². The third-order valence-electron chi connectivity index (χ3n) is 3.52. The fourth-order valence-corrected chi connectivity index (χ4v) is 2.70. The lowest BCUT2D eigenvalue weighted by molar-refractivity contribution is 0.0369. The second-order valence-electron chi connectivity index (χ2n) is 5.21. The van der Waals surface area contributed by atoms with E-state index in [0.717, 1.165) is 43.7 Å². The summed E-state index contributed by atoms with van der Waals surface area (Å²) in [5.41, 5.74) is 1.23. The monoisotopic (exact) mass is 434 g/mol. The van der Waals surface area contributed by atoms with Gasteiger partial charge >= 0.3 is 6.09 Å². The van der Waals surface area contributed by atoms with Crippen molar-refractivity contribution in [3.8, 4) is 5.75 Å².